The Morgan fingerprint density at radius 1 is 0.667 bits per heavy atom. The number of H-pyrrole nitrogens is 1. The van der Waals surface area contributed by atoms with Gasteiger partial charge in [-0.1, -0.05) is 0 Å². The first kappa shape index (κ1) is 41.3. The Balaban J connectivity index is 0.000000302. The van der Waals surface area contributed by atoms with E-state index in [0.717, 1.165) is 47.3 Å². The summed E-state index contributed by atoms with van der Waals surface area (Å²) in [6.07, 6.45) is 0. The molecule has 51 heavy (non-hydrogen) atoms. The zero-order valence-electron chi connectivity index (χ0n) is 29.4. The van der Waals surface area contributed by atoms with Gasteiger partial charge in [-0.3, -0.25) is 5.10 Å². The predicted molar refractivity (Wildman–Crippen MR) is 174 cm³/mol. The number of carboxylic acids is 4. The summed E-state index contributed by atoms with van der Waals surface area (Å²) in [5, 5.41) is 54.4. The summed E-state index contributed by atoms with van der Waals surface area (Å²) >= 11 is 0. The Morgan fingerprint density at radius 3 is 1.31 bits per heavy atom. The zero-order chi connectivity index (χ0) is 37.4. The van der Waals surface area contributed by atoms with E-state index in [1.54, 1.807) is 9.36 Å². The first-order chi connectivity index (χ1) is 23.5. The Labute approximate surface area is 305 Å². The number of nitrogens with one attached hydrogen (secondary N) is 1. The van der Waals surface area contributed by atoms with Crippen molar-refractivity contribution in [3.8, 4) is 11.9 Å². The average Bonchev–Trinajstić information content (AvgIpc) is 3.72. The molecule has 0 aliphatic rings. The van der Waals surface area contributed by atoms with Gasteiger partial charge in [-0.15, -0.1) is 0 Å². The maximum absolute atomic E-state index is 10.7. The molecule has 1 aromatic carbocycles. The van der Waals surface area contributed by atoms with Crippen LogP contribution in [0.25, 0.3) is 11.9 Å². The molecule has 18 nitrogen and oxygen atoms in total. The smallest absolute Gasteiger partial charge is 0.545 e. The maximum atomic E-state index is 10.7. The molecule has 4 aromatic heterocycles. The molecular weight excluding hydrogens is 718 g/mol. The van der Waals surface area contributed by atoms with Crippen molar-refractivity contribution < 1.29 is 59.1 Å². The summed E-state index contributed by atoms with van der Waals surface area (Å²) in [6.45, 7) is 17.6. The van der Waals surface area contributed by atoms with Crippen LogP contribution in [0.2, 0.25) is 0 Å². The quantitative estimate of drug-likeness (QED) is 0.178. The zero-order valence-corrected chi connectivity index (χ0v) is 32.3. The monoisotopic (exact) mass is 752 g/mol. The number of carbonyl (C=O) groups is 4. The van der Waals surface area contributed by atoms with E-state index in [2.05, 4.69) is 54.1 Å². The fourth-order valence-corrected chi connectivity index (χ4v) is 4.69. The number of carboxylic acid groups (broad SMARTS) is 4. The normalized spacial score (nSPS) is 10.2. The summed E-state index contributed by atoms with van der Waals surface area (Å²) in [5.74, 6) is -5.68. The van der Waals surface area contributed by atoms with E-state index in [4.69, 9.17) is 10.2 Å². The first-order valence-corrected chi connectivity index (χ1v) is 15.1. The van der Waals surface area contributed by atoms with Crippen molar-refractivity contribution in [1.29, 1.82) is 0 Å². The number of aromatic nitrogens is 9. The second-order valence-corrected chi connectivity index (χ2v) is 10.9. The molecule has 0 aliphatic heterocycles. The summed E-state index contributed by atoms with van der Waals surface area (Å²) in [5.41, 5.74) is 2.36. The molecule has 0 saturated carbocycles. The van der Waals surface area contributed by atoms with Crippen molar-refractivity contribution >= 4 is 29.8 Å². The number of rotatable bonds is 9. The molecule has 5 rings (SSSR count). The molecule has 19 heteroatoms. The molecule has 3 N–H and O–H groups in total. The van der Waals surface area contributed by atoms with Crippen LogP contribution in [0.3, 0.4) is 0 Å². The van der Waals surface area contributed by atoms with Gasteiger partial charge in [0.25, 0.3) is 11.9 Å². The molecule has 0 spiro atoms. The van der Waals surface area contributed by atoms with Gasteiger partial charge in [0, 0.05) is 41.3 Å². The van der Waals surface area contributed by atoms with Crippen LogP contribution in [0.5, 0.6) is 0 Å². The van der Waals surface area contributed by atoms with Gasteiger partial charge in [-0.05, 0) is 85.7 Å². The van der Waals surface area contributed by atoms with E-state index in [-0.39, 0.29) is 19.5 Å². The van der Waals surface area contributed by atoms with Crippen molar-refractivity contribution in [3.05, 3.63) is 86.7 Å². The van der Waals surface area contributed by atoms with E-state index in [9.17, 15) is 29.4 Å². The fraction of sp³-hybridized carbons (Fsp3) is 0.312. The van der Waals surface area contributed by atoms with Crippen LogP contribution in [0, 0.1) is 41.5 Å². The molecule has 0 amide bonds. The summed E-state index contributed by atoms with van der Waals surface area (Å²) in [7, 11) is 0. The third-order valence-corrected chi connectivity index (χ3v) is 6.94. The molecule has 5 aromatic rings. The minimum absolute atomic E-state index is 0. The molecule has 0 atom stereocenters. The fourth-order valence-electron chi connectivity index (χ4n) is 4.69. The number of carbonyl (C=O) groups excluding carboxylic acids is 2. The minimum atomic E-state index is -1.95. The van der Waals surface area contributed by atoms with Crippen molar-refractivity contribution in [3.63, 3.8) is 0 Å². The van der Waals surface area contributed by atoms with Crippen LogP contribution in [0.1, 0.15) is 89.4 Å². The van der Waals surface area contributed by atoms with Crippen molar-refractivity contribution in [1.82, 2.24) is 44.7 Å². The molecule has 0 saturated heterocycles. The van der Waals surface area contributed by atoms with Crippen molar-refractivity contribution in [2.75, 3.05) is 18.0 Å². The van der Waals surface area contributed by atoms with E-state index in [0.29, 0.717) is 30.0 Å². The molecule has 0 radical (unpaired) electrons. The molecule has 0 unspecified atom stereocenters. The predicted octanol–water partition coefficient (Wildman–Crippen LogP) is 1.16. The number of hydrogen-bond acceptors (Lipinski definition) is 13. The molecule has 0 fully saturated rings. The van der Waals surface area contributed by atoms with Gasteiger partial charge >= 0.3 is 31.4 Å². The van der Waals surface area contributed by atoms with Gasteiger partial charge in [0.2, 0.25) is 5.95 Å². The maximum Gasteiger partial charge on any atom is 2.00 e. The number of hydrogen-bond donors (Lipinski definition) is 3. The van der Waals surface area contributed by atoms with Gasteiger partial charge in [-0.2, -0.15) is 30.2 Å². The molecule has 4 heterocycles. The van der Waals surface area contributed by atoms with Gasteiger partial charge in [0.1, 0.15) is 0 Å². The van der Waals surface area contributed by atoms with E-state index in [1.165, 1.54) is 0 Å². The number of nitrogens with zero attached hydrogens (tertiary/aromatic N) is 9. The van der Waals surface area contributed by atoms with Gasteiger partial charge in [-0.25, -0.2) is 19.0 Å². The number of benzene rings is 1. The van der Waals surface area contributed by atoms with Crippen molar-refractivity contribution in [2.45, 2.75) is 55.4 Å². The molecule has 264 valence electrons. The number of aromatic carboxylic acids is 4. The van der Waals surface area contributed by atoms with Crippen LogP contribution >= 0.6 is 0 Å². The Bertz CT molecular complexity index is 1870. The summed E-state index contributed by atoms with van der Waals surface area (Å²) in [6, 6.07) is 6.83. The van der Waals surface area contributed by atoms with Crippen LogP contribution in [0.4, 0.5) is 5.95 Å². The standard InChI is InChI=1S/C17H24N8.C10H6O8.C5H8N2.Zn/c1-7-23(8-2)15-18-16(24-13(5)9-11(3)21-24)20-17(19-15)25-14(6)10-12(4)22-25;11-7(12)3-1-4(8(13)14)6(10(17)18)2-5(3)9(15)16;1-4-3-5(2)7-6-4;/h9-10H,7-8H2,1-6H3;1-2H,(H,11,12)(H,13,14)(H,15,16)(H,17,18);3H,1-2H3,(H,6,7);/q;;;+2/p-2. The summed E-state index contributed by atoms with van der Waals surface area (Å²) < 4.78 is 3.50. The average molecular weight is 754 g/mol. The minimum Gasteiger partial charge on any atom is -0.545 e. The number of aromatic amines is 1. The largest absolute Gasteiger partial charge is 2.00 e. The Kier molecular flexibility index (Phi) is 14.4. The third kappa shape index (κ3) is 10.3. The Morgan fingerprint density at radius 2 is 1.08 bits per heavy atom. The van der Waals surface area contributed by atoms with E-state index in [1.807, 2.05) is 59.7 Å². The molecule has 0 bridgehead atoms. The topological polar surface area (TPSA) is 261 Å². The number of anilines is 1. The van der Waals surface area contributed by atoms with Crippen LogP contribution in [0.15, 0.2) is 30.3 Å². The van der Waals surface area contributed by atoms with E-state index < -0.39 is 46.1 Å². The van der Waals surface area contributed by atoms with Crippen LogP contribution in [-0.2, 0) is 19.5 Å². The second kappa shape index (κ2) is 17.7. The van der Waals surface area contributed by atoms with Crippen LogP contribution in [-0.4, -0.2) is 91.9 Å². The SMILES string of the molecule is CCN(CC)c1nc(-n2nc(C)cc2C)nc(-n2nc(C)cc2C)n1.Cc1cc(C)[nH]n1.O=C([O-])c1cc(C(=O)O)c(C(=O)O)cc1C(=O)[O-].[Zn+2]. The Hall–Kier alpha value is -5.84. The van der Waals surface area contributed by atoms with Crippen molar-refractivity contribution in [2.24, 2.45) is 0 Å². The van der Waals surface area contributed by atoms with Gasteiger partial charge in [0.05, 0.1) is 40.1 Å². The first-order valence-electron chi connectivity index (χ1n) is 15.1. The molecular formula is C32H36N10O8Zn. The van der Waals surface area contributed by atoms with Gasteiger partial charge < -0.3 is 34.9 Å². The third-order valence-electron chi connectivity index (χ3n) is 6.94. The molecule has 0 aliphatic carbocycles. The van der Waals surface area contributed by atoms with Gasteiger partial charge in [0.15, 0.2) is 0 Å². The van der Waals surface area contributed by atoms with Crippen LogP contribution < -0.4 is 15.1 Å². The van der Waals surface area contributed by atoms with E-state index >= 15 is 0 Å². The second-order valence-electron chi connectivity index (χ2n) is 10.9. The summed E-state index contributed by atoms with van der Waals surface area (Å²) in [4.78, 5) is 58.8. The number of aryl methyl sites for hydroxylation is 6.